The molecule has 1 heterocycles. The van der Waals surface area contributed by atoms with Gasteiger partial charge < -0.3 is 15.3 Å². The summed E-state index contributed by atoms with van der Waals surface area (Å²) in [6.07, 6.45) is 2.70. The van der Waals surface area contributed by atoms with Gasteiger partial charge in [0.1, 0.15) is 6.04 Å². The smallest absolute Gasteiger partial charge is 0.248 e. The average molecular weight is 330 g/mol. The van der Waals surface area contributed by atoms with Gasteiger partial charge >= 0.3 is 0 Å². The van der Waals surface area contributed by atoms with Crippen LogP contribution >= 0.6 is 0 Å². The van der Waals surface area contributed by atoms with Gasteiger partial charge in [0.15, 0.2) is 0 Å². The zero-order valence-electron chi connectivity index (χ0n) is 14.4. The van der Waals surface area contributed by atoms with Gasteiger partial charge in [0.05, 0.1) is 12.1 Å². The molecule has 1 aliphatic heterocycles. The summed E-state index contributed by atoms with van der Waals surface area (Å²) in [4.78, 5) is 26.8. The Bertz CT molecular complexity index is 625. The van der Waals surface area contributed by atoms with Crippen LogP contribution in [0.4, 0.5) is 0 Å². The van der Waals surface area contributed by atoms with Gasteiger partial charge in [-0.25, -0.2) is 0 Å². The molecule has 2 N–H and O–H groups in total. The largest absolute Gasteiger partial charge is 0.391 e. The second-order valence-corrected chi connectivity index (χ2v) is 7.10. The lowest BCUT2D eigenvalue weighted by Gasteiger charge is -2.31. The molecule has 0 bridgehead atoms. The summed E-state index contributed by atoms with van der Waals surface area (Å²) in [6, 6.07) is 7.37. The number of aliphatic hydroxyl groups is 1. The molecule has 1 saturated heterocycles. The van der Waals surface area contributed by atoms with E-state index in [9.17, 15) is 14.7 Å². The monoisotopic (exact) mass is 330 g/mol. The van der Waals surface area contributed by atoms with Crippen molar-refractivity contribution < 1.29 is 14.7 Å². The summed E-state index contributed by atoms with van der Waals surface area (Å²) in [7, 11) is 0. The van der Waals surface area contributed by atoms with Crippen molar-refractivity contribution >= 4 is 11.8 Å². The molecule has 3 atom stereocenters. The lowest BCUT2D eigenvalue weighted by molar-refractivity contribution is -0.140. The van der Waals surface area contributed by atoms with Crippen LogP contribution in [0.5, 0.6) is 0 Å². The molecule has 130 valence electrons. The van der Waals surface area contributed by atoms with E-state index >= 15 is 0 Å². The van der Waals surface area contributed by atoms with Crippen molar-refractivity contribution in [3.05, 3.63) is 35.4 Å². The highest BCUT2D eigenvalue weighted by molar-refractivity contribution is 5.90. The Balaban J connectivity index is 1.76. The number of nitrogens with one attached hydrogen (secondary N) is 1. The van der Waals surface area contributed by atoms with Crippen molar-refractivity contribution in [2.24, 2.45) is 5.92 Å². The Morgan fingerprint density at radius 1 is 1.29 bits per heavy atom. The normalized spacial score (nSPS) is 23.0. The van der Waals surface area contributed by atoms with Crippen LogP contribution in [0.1, 0.15) is 49.8 Å². The van der Waals surface area contributed by atoms with E-state index in [1.165, 1.54) is 5.56 Å². The average Bonchev–Trinajstić information content (AvgIpc) is 3.28. The molecule has 0 radical (unpaired) electrons. The van der Waals surface area contributed by atoms with Crippen LogP contribution in [0.25, 0.3) is 0 Å². The molecular weight excluding hydrogens is 304 g/mol. The van der Waals surface area contributed by atoms with E-state index in [1.54, 1.807) is 6.92 Å². The number of carbonyl (C=O) groups excluding carboxylic acids is 2. The van der Waals surface area contributed by atoms with Gasteiger partial charge in [0, 0.05) is 12.5 Å². The SMILES string of the molecule is Cc1cccc(C2CCCN2C(=O)C(NC(=O)C2CC2)C(C)O)c1. The molecule has 2 aliphatic rings. The first-order valence-electron chi connectivity index (χ1n) is 8.83. The van der Waals surface area contributed by atoms with Crippen molar-refractivity contribution in [2.75, 3.05) is 6.54 Å². The molecule has 0 spiro atoms. The van der Waals surface area contributed by atoms with Crippen molar-refractivity contribution in [1.82, 2.24) is 10.2 Å². The van der Waals surface area contributed by atoms with E-state index in [4.69, 9.17) is 0 Å². The Kier molecular flexibility index (Phi) is 4.90. The molecule has 1 aromatic rings. The third-order valence-electron chi connectivity index (χ3n) is 4.96. The van der Waals surface area contributed by atoms with Gasteiger partial charge in [-0.3, -0.25) is 9.59 Å². The van der Waals surface area contributed by atoms with E-state index < -0.39 is 12.1 Å². The molecule has 0 aromatic heterocycles. The third-order valence-corrected chi connectivity index (χ3v) is 4.96. The maximum atomic E-state index is 13.0. The number of benzene rings is 1. The van der Waals surface area contributed by atoms with Gasteiger partial charge in [-0.2, -0.15) is 0 Å². The summed E-state index contributed by atoms with van der Waals surface area (Å²) < 4.78 is 0. The van der Waals surface area contributed by atoms with Crippen LogP contribution in [-0.4, -0.2) is 40.5 Å². The van der Waals surface area contributed by atoms with Gasteiger partial charge in [-0.05, 0) is 45.1 Å². The van der Waals surface area contributed by atoms with E-state index in [1.807, 2.05) is 30.0 Å². The summed E-state index contributed by atoms with van der Waals surface area (Å²) in [5, 5.41) is 12.8. The molecule has 3 rings (SSSR count). The minimum Gasteiger partial charge on any atom is -0.391 e. The van der Waals surface area contributed by atoms with E-state index in [-0.39, 0.29) is 23.8 Å². The fraction of sp³-hybridized carbons (Fsp3) is 0.579. The number of likely N-dealkylation sites (tertiary alicyclic amines) is 1. The number of amides is 2. The van der Waals surface area contributed by atoms with E-state index in [2.05, 4.69) is 11.4 Å². The second-order valence-electron chi connectivity index (χ2n) is 7.10. The Labute approximate surface area is 143 Å². The van der Waals surface area contributed by atoms with Crippen LogP contribution in [-0.2, 0) is 9.59 Å². The molecule has 1 saturated carbocycles. The van der Waals surface area contributed by atoms with Gasteiger partial charge in [-0.15, -0.1) is 0 Å². The zero-order chi connectivity index (χ0) is 17.3. The van der Waals surface area contributed by atoms with Gasteiger partial charge in [0.2, 0.25) is 11.8 Å². The molecule has 3 unspecified atom stereocenters. The number of aryl methyl sites for hydroxylation is 1. The lowest BCUT2D eigenvalue weighted by Crippen LogP contribution is -2.53. The Morgan fingerprint density at radius 3 is 2.67 bits per heavy atom. The third kappa shape index (κ3) is 3.61. The Morgan fingerprint density at radius 2 is 2.04 bits per heavy atom. The van der Waals surface area contributed by atoms with Crippen molar-refractivity contribution in [3.8, 4) is 0 Å². The number of hydrogen-bond donors (Lipinski definition) is 2. The second kappa shape index (κ2) is 6.93. The van der Waals surface area contributed by atoms with Crippen LogP contribution in [0.15, 0.2) is 24.3 Å². The quantitative estimate of drug-likeness (QED) is 0.867. The van der Waals surface area contributed by atoms with Gasteiger partial charge in [0.25, 0.3) is 0 Å². The maximum absolute atomic E-state index is 13.0. The summed E-state index contributed by atoms with van der Waals surface area (Å²) in [6.45, 7) is 4.27. The van der Waals surface area contributed by atoms with Gasteiger partial charge in [-0.1, -0.05) is 29.8 Å². The molecular formula is C19H26N2O3. The first-order valence-corrected chi connectivity index (χ1v) is 8.83. The predicted molar refractivity (Wildman–Crippen MR) is 91.2 cm³/mol. The lowest BCUT2D eigenvalue weighted by atomic mass is 10.0. The zero-order valence-corrected chi connectivity index (χ0v) is 14.4. The minimum absolute atomic E-state index is 0.0187. The summed E-state index contributed by atoms with van der Waals surface area (Å²) >= 11 is 0. The summed E-state index contributed by atoms with van der Waals surface area (Å²) in [5.74, 6) is -0.270. The van der Waals surface area contributed by atoms with Crippen molar-refractivity contribution in [1.29, 1.82) is 0 Å². The van der Waals surface area contributed by atoms with Crippen LogP contribution in [0.3, 0.4) is 0 Å². The highest BCUT2D eigenvalue weighted by Gasteiger charge is 2.39. The van der Waals surface area contributed by atoms with Crippen LogP contribution in [0, 0.1) is 12.8 Å². The molecule has 2 amide bonds. The number of rotatable bonds is 5. The number of aliphatic hydroxyl groups excluding tert-OH is 1. The van der Waals surface area contributed by atoms with Crippen molar-refractivity contribution in [2.45, 2.75) is 57.7 Å². The first kappa shape index (κ1) is 17.0. The maximum Gasteiger partial charge on any atom is 0.248 e. The molecule has 1 aromatic carbocycles. The molecule has 2 fully saturated rings. The molecule has 5 nitrogen and oxygen atoms in total. The minimum atomic E-state index is -0.904. The fourth-order valence-corrected chi connectivity index (χ4v) is 3.44. The van der Waals surface area contributed by atoms with E-state index in [0.29, 0.717) is 6.54 Å². The molecule has 5 heteroatoms. The number of carbonyl (C=O) groups is 2. The summed E-state index contributed by atoms with van der Waals surface area (Å²) in [5.41, 5.74) is 2.29. The van der Waals surface area contributed by atoms with Crippen LogP contribution in [0.2, 0.25) is 0 Å². The molecule has 24 heavy (non-hydrogen) atoms. The standard InChI is InChI=1S/C19H26N2O3/c1-12-5-3-6-15(11-12)16-7-4-10-21(16)19(24)17(13(2)22)20-18(23)14-8-9-14/h3,5-6,11,13-14,16-17,22H,4,7-10H2,1-2H3,(H,20,23). The Hall–Kier alpha value is -1.88. The number of nitrogens with zero attached hydrogens (tertiary/aromatic N) is 1. The fourth-order valence-electron chi connectivity index (χ4n) is 3.44. The van der Waals surface area contributed by atoms with E-state index in [0.717, 1.165) is 31.2 Å². The topological polar surface area (TPSA) is 69.6 Å². The first-order chi connectivity index (χ1) is 11.5. The van der Waals surface area contributed by atoms with Crippen LogP contribution < -0.4 is 5.32 Å². The number of hydrogen-bond acceptors (Lipinski definition) is 3. The predicted octanol–water partition coefficient (Wildman–Crippen LogP) is 1.93. The highest BCUT2D eigenvalue weighted by Crippen LogP contribution is 2.33. The molecule has 1 aliphatic carbocycles. The van der Waals surface area contributed by atoms with Crippen molar-refractivity contribution in [3.63, 3.8) is 0 Å². The highest BCUT2D eigenvalue weighted by atomic mass is 16.3.